The lowest BCUT2D eigenvalue weighted by Gasteiger charge is -2.42. The number of hydrogen-bond donors (Lipinski definition) is 2. The summed E-state index contributed by atoms with van der Waals surface area (Å²) in [5.74, 6) is -0.194. The summed E-state index contributed by atoms with van der Waals surface area (Å²) in [6.45, 7) is 3.90. The number of imidazole rings is 1. The molecule has 0 saturated carbocycles. The second-order valence-corrected chi connectivity index (χ2v) is 9.95. The largest absolute Gasteiger partial charge is 0.492 e. The van der Waals surface area contributed by atoms with Gasteiger partial charge in [0.2, 0.25) is 6.43 Å². The molecule has 14 heteroatoms. The van der Waals surface area contributed by atoms with Crippen molar-refractivity contribution in [3.05, 3.63) is 48.6 Å². The van der Waals surface area contributed by atoms with Gasteiger partial charge in [-0.3, -0.25) is 4.98 Å². The zero-order valence-electron chi connectivity index (χ0n) is 22.9. The SMILES string of the molecule is CCOCNc1ncnc2c1ncn2Cc1cc(-c2ccc(OC)c(F)n2)ncc1N1CCC[C@](N)(CC(F)F)C1. The van der Waals surface area contributed by atoms with E-state index in [1.807, 2.05) is 22.5 Å². The first-order valence-electron chi connectivity index (χ1n) is 13.3. The van der Waals surface area contributed by atoms with Crippen molar-refractivity contribution in [2.45, 2.75) is 44.7 Å². The van der Waals surface area contributed by atoms with Crippen LogP contribution in [0.2, 0.25) is 0 Å². The molecule has 3 N–H and O–H groups in total. The van der Waals surface area contributed by atoms with Crippen molar-refractivity contribution in [3.8, 4) is 17.1 Å². The van der Waals surface area contributed by atoms with E-state index < -0.39 is 17.9 Å². The van der Waals surface area contributed by atoms with Gasteiger partial charge in [-0.2, -0.15) is 4.39 Å². The Labute approximate surface area is 234 Å². The van der Waals surface area contributed by atoms with Gasteiger partial charge in [-0.1, -0.05) is 0 Å². The minimum absolute atomic E-state index is 0.0237. The molecule has 218 valence electrons. The zero-order chi connectivity index (χ0) is 29.0. The molecular weight excluding hydrogens is 539 g/mol. The molecule has 1 saturated heterocycles. The summed E-state index contributed by atoms with van der Waals surface area (Å²) < 4.78 is 53.3. The van der Waals surface area contributed by atoms with Gasteiger partial charge < -0.3 is 30.0 Å². The molecule has 1 aliphatic rings. The smallest absolute Gasteiger partial charge is 0.255 e. The Bertz CT molecular complexity index is 1500. The molecule has 41 heavy (non-hydrogen) atoms. The Balaban J connectivity index is 1.53. The third-order valence-corrected chi connectivity index (χ3v) is 7.06. The van der Waals surface area contributed by atoms with E-state index in [9.17, 15) is 13.2 Å². The van der Waals surface area contributed by atoms with E-state index in [0.29, 0.717) is 60.9 Å². The van der Waals surface area contributed by atoms with E-state index in [1.165, 1.54) is 19.5 Å². The molecule has 4 aromatic heterocycles. The Hall–Kier alpha value is -4.04. The molecule has 5 rings (SSSR count). The highest BCUT2D eigenvalue weighted by Gasteiger charge is 2.35. The van der Waals surface area contributed by atoms with Crippen LogP contribution in [0.25, 0.3) is 22.6 Å². The summed E-state index contributed by atoms with van der Waals surface area (Å²) in [5, 5.41) is 3.10. The van der Waals surface area contributed by atoms with E-state index in [2.05, 4.69) is 30.2 Å². The lowest BCUT2D eigenvalue weighted by atomic mass is 9.86. The first kappa shape index (κ1) is 28.5. The molecule has 0 radical (unpaired) electrons. The van der Waals surface area contributed by atoms with Crippen LogP contribution in [0.1, 0.15) is 31.7 Å². The monoisotopic (exact) mass is 571 g/mol. The van der Waals surface area contributed by atoms with Crippen molar-refractivity contribution < 1.29 is 22.6 Å². The van der Waals surface area contributed by atoms with Gasteiger partial charge in [0.15, 0.2) is 17.2 Å². The van der Waals surface area contributed by atoms with Crippen LogP contribution >= 0.6 is 0 Å². The van der Waals surface area contributed by atoms with Crippen molar-refractivity contribution >= 4 is 22.7 Å². The Morgan fingerprint density at radius 3 is 2.78 bits per heavy atom. The fourth-order valence-electron chi connectivity index (χ4n) is 5.13. The summed E-state index contributed by atoms with van der Waals surface area (Å²) in [4.78, 5) is 23.8. The van der Waals surface area contributed by atoms with E-state index >= 15 is 0 Å². The van der Waals surface area contributed by atoms with Crippen molar-refractivity contribution in [3.63, 3.8) is 0 Å². The molecule has 0 amide bonds. The molecule has 1 aliphatic heterocycles. The fraction of sp³-hybridized carbons (Fsp3) is 0.444. The van der Waals surface area contributed by atoms with Crippen LogP contribution in [-0.4, -0.2) is 75.0 Å². The first-order chi connectivity index (χ1) is 19.8. The summed E-state index contributed by atoms with van der Waals surface area (Å²) in [5.41, 5.74) is 8.83. The number of ether oxygens (including phenoxy) is 2. The van der Waals surface area contributed by atoms with Gasteiger partial charge in [-0.15, -0.1) is 0 Å². The number of nitrogens with two attached hydrogens (primary N) is 1. The molecule has 0 spiro atoms. The molecular formula is C27H32F3N9O2. The molecule has 0 aromatic carbocycles. The van der Waals surface area contributed by atoms with Crippen LogP contribution in [0.15, 0.2) is 37.1 Å². The lowest BCUT2D eigenvalue weighted by molar-refractivity contribution is 0.0983. The third kappa shape index (κ3) is 6.33. The van der Waals surface area contributed by atoms with Gasteiger partial charge in [0.05, 0.1) is 43.3 Å². The number of fused-ring (bicyclic) bond motifs is 1. The number of anilines is 2. The zero-order valence-corrected chi connectivity index (χ0v) is 22.9. The van der Waals surface area contributed by atoms with Crippen molar-refractivity contribution in [2.75, 3.05) is 43.8 Å². The number of nitrogens with one attached hydrogen (secondary N) is 1. The molecule has 0 aliphatic carbocycles. The first-order valence-corrected chi connectivity index (χ1v) is 13.3. The van der Waals surface area contributed by atoms with Crippen molar-refractivity contribution in [2.24, 2.45) is 5.73 Å². The number of aromatic nitrogens is 6. The number of nitrogens with zero attached hydrogens (tertiary/aromatic N) is 7. The number of halogens is 3. The van der Waals surface area contributed by atoms with Gasteiger partial charge in [0, 0.05) is 31.7 Å². The summed E-state index contributed by atoms with van der Waals surface area (Å²) >= 11 is 0. The highest BCUT2D eigenvalue weighted by atomic mass is 19.3. The number of rotatable bonds is 11. The van der Waals surface area contributed by atoms with Gasteiger partial charge >= 0.3 is 0 Å². The quantitative estimate of drug-likeness (QED) is 0.156. The summed E-state index contributed by atoms with van der Waals surface area (Å²) in [7, 11) is 1.37. The van der Waals surface area contributed by atoms with Crippen LogP contribution in [0.4, 0.5) is 24.7 Å². The highest BCUT2D eigenvalue weighted by molar-refractivity contribution is 5.82. The van der Waals surface area contributed by atoms with Crippen LogP contribution in [0.3, 0.4) is 0 Å². The number of pyridine rings is 2. The molecule has 1 fully saturated rings. The van der Waals surface area contributed by atoms with Crippen molar-refractivity contribution in [1.29, 1.82) is 0 Å². The molecule has 1 atom stereocenters. The van der Waals surface area contributed by atoms with Gasteiger partial charge in [-0.25, -0.2) is 28.7 Å². The van der Waals surface area contributed by atoms with Gasteiger partial charge in [0.1, 0.15) is 18.6 Å². The molecule has 0 bridgehead atoms. The minimum atomic E-state index is -2.50. The number of alkyl halides is 2. The van der Waals surface area contributed by atoms with E-state index in [4.69, 9.17) is 15.2 Å². The minimum Gasteiger partial charge on any atom is -0.492 e. The predicted octanol–water partition coefficient (Wildman–Crippen LogP) is 3.84. The topological polar surface area (TPSA) is 129 Å². The number of methoxy groups -OCH3 is 1. The van der Waals surface area contributed by atoms with Crippen LogP contribution in [-0.2, 0) is 11.3 Å². The van der Waals surface area contributed by atoms with Gasteiger partial charge in [0.25, 0.3) is 5.95 Å². The average Bonchev–Trinajstić information content (AvgIpc) is 3.36. The standard InChI is InChI=1S/C27H32F3N9O2/c1-3-41-16-36-25-23-26(34-14-33-25)39(15-35-23)12-17-9-19(18-5-6-21(40-2)24(30)37-18)32-11-20(17)38-8-4-7-27(31,13-38)10-22(28)29/h5-6,9,11,14-15,22H,3-4,7-8,10,12-13,16,31H2,1-2H3,(H,33,34,36)/t27-/m0/s1. The van der Waals surface area contributed by atoms with Crippen LogP contribution < -0.4 is 20.7 Å². The molecule has 4 aromatic rings. The number of piperidine rings is 1. The predicted molar refractivity (Wildman–Crippen MR) is 148 cm³/mol. The molecule has 5 heterocycles. The maximum Gasteiger partial charge on any atom is 0.255 e. The Kier molecular flexibility index (Phi) is 8.49. The van der Waals surface area contributed by atoms with Crippen LogP contribution in [0.5, 0.6) is 5.75 Å². The lowest BCUT2D eigenvalue weighted by Crippen LogP contribution is -2.55. The fourth-order valence-corrected chi connectivity index (χ4v) is 5.13. The van der Waals surface area contributed by atoms with E-state index in [1.54, 1.807) is 18.6 Å². The highest BCUT2D eigenvalue weighted by Crippen LogP contribution is 2.33. The summed E-state index contributed by atoms with van der Waals surface area (Å²) in [6.07, 6.45) is 3.02. The maximum atomic E-state index is 14.4. The molecule has 11 nitrogen and oxygen atoms in total. The Morgan fingerprint density at radius 2 is 2.02 bits per heavy atom. The second-order valence-electron chi connectivity index (χ2n) is 9.95. The van der Waals surface area contributed by atoms with Crippen molar-refractivity contribution in [1.82, 2.24) is 29.5 Å². The average molecular weight is 572 g/mol. The van der Waals surface area contributed by atoms with Gasteiger partial charge in [-0.05, 0) is 43.5 Å². The number of hydrogen-bond acceptors (Lipinski definition) is 10. The second kappa shape index (κ2) is 12.2. The normalized spacial score (nSPS) is 17.4. The maximum absolute atomic E-state index is 14.4. The third-order valence-electron chi connectivity index (χ3n) is 7.06. The van der Waals surface area contributed by atoms with E-state index in [0.717, 1.165) is 11.3 Å². The molecule has 0 unspecified atom stereocenters. The van der Waals surface area contributed by atoms with E-state index in [-0.39, 0.29) is 25.4 Å². The van der Waals surface area contributed by atoms with Crippen LogP contribution in [0, 0.1) is 5.95 Å². The Morgan fingerprint density at radius 1 is 1.17 bits per heavy atom. The summed E-state index contributed by atoms with van der Waals surface area (Å²) in [6, 6.07) is 4.92.